The lowest BCUT2D eigenvalue weighted by atomic mass is 9.86. The van der Waals surface area contributed by atoms with Gasteiger partial charge in [0, 0.05) is 13.1 Å². The molecule has 0 aromatic carbocycles. The van der Waals surface area contributed by atoms with Crippen LogP contribution < -0.4 is 11.0 Å². The molecule has 3 rings (SSSR count). The molecule has 10 heteroatoms. The normalized spacial score (nSPS) is 20.7. The van der Waals surface area contributed by atoms with E-state index in [4.69, 9.17) is 4.74 Å². The molecule has 2 aromatic rings. The Morgan fingerprint density at radius 2 is 2.17 bits per heavy atom. The Hall–Kier alpha value is -2.78. The van der Waals surface area contributed by atoms with Crippen molar-refractivity contribution in [3.05, 3.63) is 22.5 Å². The first kappa shape index (κ1) is 16.1. The fourth-order valence-electron chi connectivity index (χ4n) is 2.94. The first-order valence-electron chi connectivity index (χ1n) is 7.73. The minimum atomic E-state index is -0.415. The molecule has 1 N–H and O–H groups in total. The summed E-state index contributed by atoms with van der Waals surface area (Å²) in [6.07, 6.45) is 4.64. The number of hydrogen-bond donors (Lipinski definition) is 1. The van der Waals surface area contributed by atoms with Gasteiger partial charge >= 0.3 is 5.69 Å². The van der Waals surface area contributed by atoms with E-state index in [1.165, 1.54) is 17.8 Å². The Morgan fingerprint density at radius 3 is 2.88 bits per heavy atom. The Kier molecular flexibility index (Phi) is 4.54. The smallest absolute Gasteiger partial charge is 0.352 e. The van der Waals surface area contributed by atoms with Gasteiger partial charge in [-0.1, -0.05) is 5.21 Å². The van der Waals surface area contributed by atoms with Gasteiger partial charge in [-0.15, -0.1) is 5.10 Å². The second kappa shape index (κ2) is 6.77. The van der Waals surface area contributed by atoms with Crippen LogP contribution in [0, 0.1) is 5.92 Å². The highest BCUT2D eigenvalue weighted by atomic mass is 16.5. The van der Waals surface area contributed by atoms with Gasteiger partial charge < -0.3 is 10.1 Å². The van der Waals surface area contributed by atoms with Crippen LogP contribution in [0.25, 0.3) is 5.65 Å². The average Bonchev–Trinajstić information content (AvgIpc) is 3.02. The van der Waals surface area contributed by atoms with E-state index >= 15 is 0 Å². The molecule has 0 aliphatic heterocycles. The molecule has 0 saturated heterocycles. The minimum Gasteiger partial charge on any atom is -0.468 e. The van der Waals surface area contributed by atoms with Crippen LogP contribution in [-0.2, 0) is 16.6 Å². The molecular weight excluding hydrogens is 316 g/mol. The summed E-state index contributed by atoms with van der Waals surface area (Å²) in [5.74, 6) is -0.0293. The second-order valence-corrected chi connectivity index (χ2v) is 5.90. The Bertz CT molecular complexity index is 805. The lowest BCUT2D eigenvalue weighted by Crippen LogP contribution is -2.38. The third kappa shape index (κ3) is 3.12. The number of carbonyl (C=O) groups excluding carboxylic acids is 2. The zero-order valence-electron chi connectivity index (χ0n) is 13.2. The van der Waals surface area contributed by atoms with Crippen LogP contribution in [0.4, 0.5) is 0 Å². The molecule has 128 valence electrons. The van der Waals surface area contributed by atoms with Gasteiger partial charge in [-0.05, 0) is 31.6 Å². The minimum absolute atomic E-state index is 0.0289. The van der Waals surface area contributed by atoms with Gasteiger partial charge in [0.15, 0.2) is 11.3 Å². The van der Waals surface area contributed by atoms with Gasteiger partial charge in [0.25, 0.3) is 12.4 Å². The number of hydrogen-bond acceptors (Lipinski definition) is 7. The molecule has 1 aliphatic rings. The number of rotatable bonds is 5. The van der Waals surface area contributed by atoms with E-state index < -0.39 is 5.69 Å². The van der Waals surface area contributed by atoms with Gasteiger partial charge in [0.2, 0.25) is 0 Å². The fourth-order valence-corrected chi connectivity index (χ4v) is 2.94. The van der Waals surface area contributed by atoms with Crippen molar-refractivity contribution in [2.45, 2.75) is 31.7 Å². The third-order valence-electron chi connectivity index (χ3n) is 4.30. The third-order valence-corrected chi connectivity index (χ3v) is 4.30. The van der Waals surface area contributed by atoms with Crippen molar-refractivity contribution < 1.29 is 14.3 Å². The van der Waals surface area contributed by atoms with Crippen LogP contribution in [0.15, 0.2) is 11.1 Å². The van der Waals surface area contributed by atoms with Crippen LogP contribution in [0.5, 0.6) is 0 Å². The zero-order chi connectivity index (χ0) is 17.1. The Balaban J connectivity index is 1.65. The van der Waals surface area contributed by atoms with Crippen LogP contribution in [0.3, 0.4) is 0 Å². The van der Waals surface area contributed by atoms with Crippen molar-refractivity contribution in [2.24, 2.45) is 13.0 Å². The Morgan fingerprint density at radius 1 is 1.42 bits per heavy atom. The molecule has 24 heavy (non-hydrogen) atoms. The van der Waals surface area contributed by atoms with Crippen LogP contribution >= 0.6 is 0 Å². The Labute approximate surface area is 136 Å². The first-order chi connectivity index (χ1) is 11.6. The second-order valence-electron chi connectivity index (χ2n) is 5.90. The summed E-state index contributed by atoms with van der Waals surface area (Å²) in [4.78, 5) is 38.5. The van der Waals surface area contributed by atoms with E-state index in [-0.39, 0.29) is 23.3 Å². The van der Waals surface area contributed by atoms with Crippen LogP contribution in [0.2, 0.25) is 0 Å². The molecule has 2 aromatic heterocycles. The quantitative estimate of drug-likeness (QED) is 0.717. The molecule has 1 amide bonds. The van der Waals surface area contributed by atoms with Crippen molar-refractivity contribution in [1.82, 2.24) is 29.7 Å². The number of nitrogens with one attached hydrogen (secondary N) is 1. The largest absolute Gasteiger partial charge is 0.468 e. The van der Waals surface area contributed by atoms with E-state index in [9.17, 15) is 14.4 Å². The van der Waals surface area contributed by atoms with Gasteiger partial charge in [-0.25, -0.2) is 14.2 Å². The summed E-state index contributed by atoms with van der Waals surface area (Å²) in [7, 11) is 1.47. The predicted octanol–water partition coefficient (Wildman–Crippen LogP) is -0.715. The van der Waals surface area contributed by atoms with Crippen molar-refractivity contribution in [1.29, 1.82) is 0 Å². The number of imidazole rings is 1. The average molecular weight is 334 g/mol. The molecule has 0 unspecified atom stereocenters. The standard InChI is InChI=1S/C14H18N6O4/c1-19-14(23)20-7-15-11(12(20)17-18-19)13(22)16-10-4-2-9(3-5-10)6-24-8-21/h7-10H,2-6H2,1H3,(H,16,22). The maximum Gasteiger partial charge on any atom is 0.352 e. The highest BCUT2D eigenvalue weighted by Crippen LogP contribution is 2.24. The number of aromatic nitrogens is 5. The molecule has 0 atom stereocenters. The predicted molar refractivity (Wildman–Crippen MR) is 81.3 cm³/mol. The fraction of sp³-hybridized carbons (Fsp3) is 0.571. The van der Waals surface area contributed by atoms with Crippen molar-refractivity contribution in [3.63, 3.8) is 0 Å². The SMILES string of the molecule is Cn1nnc2c(C(=O)NC3CCC(COC=O)CC3)ncn2c1=O. The van der Waals surface area contributed by atoms with Crippen molar-refractivity contribution in [3.8, 4) is 0 Å². The number of carbonyl (C=O) groups is 2. The van der Waals surface area contributed by atoms with Crippen LogP contribution in [-0.4, -0.2) is 49.4 Å². The summed E-state index contributed by atoms with van der Waals surface area (Å²) in [5.41, 5.74) is -0.183. The summed E-state index contributed by atoms with van der Waals surface area (Å²) >= 11 is 0. The summed E-state index contributed by atoms with van der Waals surface area (Å²) < 4.78 is 7.05. The number of nitrogens with zero attached hydrogens (tertiary/aromatic N) is 5. The van der Waals surface area contributed by atoms with Crippen molar-refractivity contribution in [2.75, 3.05) is 6.61 Å². The number of amides is 1. The maximum absolute atomic E-state index is 12.4. The highest BCUT2D eigenvalue weighted by Gasteiger charge is 2.25. The molecule has 1 fully saturated rings. The van der Waals surface area contributed by atoms with E-state index in [1.807, 2.05) is 0 Å². The summed E-state index contributed by atoms with van der Waals surface area (Å²) in [5, 5.41) is 10.5. The first-order valence-corrected chi connectivity index (χ1v) is 7.73. The molecule has 0 bridgehead atoms. The molecule has 0 radical (unpaired) electrons. The van der Waals surface area contributed by atoms with Gasteiger partial charge in [0.05, 0.1) is 6.61 Å². The molecule has 2 heterocycles. The van der Waals surface area contributed by atoms with E-state index in [0.29, 0.717) is 19.0 Å². The van der Waals surface area contributed by atoms with Gasteiger partial charge in [-0.3, -0.25) is 9.59 Å². The monoisotopic (exact) mass is 334 g/mol. The van der Waals surface area contributed by atoms with Gasteiger partial charge in [-0.2, -0.15) is 4.68 Å². The number of fused-ring (bicyclic) bond motifs is 1. The number of ether oxygens (including phenoxy) is 1. The van der Waals surface area contributed by atoms with E-state index in [2.05, 4.69) is 20.6 Å². The van der Waals surface area contributed by atoms with Crippen LogP contribution in [0.1, 0.15) is 36.2 Å². The lowest BCUT2D eigenvalue weighted by molar-refractivity contribution is -0.130. The topological polar surface area (TPSA) is 120 Å². The summed E-state index contributed by atoms with van der Waals surface area (Å²) in [6, 6.07) is 0.0289. The highest BCUT2D eigenvalue weighted by molar-refractivity contribution is 5.97. The zero-order valence-corrected chi connectivity index (χ0v) is 13.2. The van der Waals surface area contributed by atoms with E-state index in [1.54, 1.807) is 0 Å². The number of aryl methyl sites for hydroxylation is 1. The van der Waals surface area contributed by atoms with E-state index in [0.717, 1.165) is 30.4 Å². The molecule has 1 saturated carbocycles. The maximum atomic E-state index is 12.4. The molecule has 1 aliphatic carbocycles. The molecule has 0 spiro atoms. The molecule has 10 nitrogen and oxygen atoms in total. The lowest BCUT2D eigenvalue weighted by Gasteiger charge is -2.28. The van der Waals surface area contributed by atoms with Gasteiger partial charge in [0.1, 0.15) is 6.33 Å². The molecular formula is C14H18N6O4. The van der Waals surface area contributed by atoms with Crippen molar-refractivity contribution >= 4 is 18.0 Å². The summed E-state index contributed by atoms with van der Waals surface area (Å²) in [6.45, 7) is 0.887.